The van der Waals surface area contributed by atoms with Gasteiger partial charge in [-0.3, -0.25) is 0 Å². The van der Waals surface area contributed by atoms with E-state index in [1.807, 2.05) is 6.08 Å². The highest BCUT2D eigenvalue weighted by molar-refractivity contribution is 6.18. The van der Waals surface area contributed by atoms with Crippen LogP contribution in [0, 0.1) is 0 Å². The summed E-state index contributed by atoms with van der Waals surface area (Å²) in [5.74, 6) is 0.635. The Balaban J connectivity index is 2.19. The first-order valence-electron chi connectivity index (χ1n) is 3.90. The molecular weight excluding hydrogens is 146 g/mol. The van der Waals surface area contributed by atoms with E-state index in [0.29, 0.717) is 5.88 Å². The second kappa shape index (κ2) is 4.62. The quantitative estimate of drug-likeness (QED) is 0.559. The van der Waals surface area contributed by atoms with Gasteiger partial charge in [0.05, 0.1) is 0 Å². The van der Waals surface area contributed by atoms with E-state index < -0.39 is 0 Å². The molecule has 0 N–H and O–H groups in total. The maximum atomic E-state index is 5.51. The van der Waals surface area contributed by atoms with E-state index in [1.165, 1.54) is 32.4 Å². The van der Waals surface area contributed by atoms with Crippen molar-refractivity contribution in [3.05, 3.63) is 12.3 Å². The third-order valence-corrected chi connectivity index (χ3v) is 1.97. The second-order valence-corrected chi connectivity index (χ2v) is 2.94. The molecule has 0 aromatic rings. The maximum Gasteiger partial charge on any atom is 0.0421 e. The van der Waals surface area contributed by atoms with Crippen molar-refractivity contribution < 1.29 is 0 Å². The first kappa shape index (κ1) is 7.93. The number of halogens is 1. The third kappa shape index (κ3) is 2.61. The Kier molecular flexibility index (Phi) is 3.66. The van der Waals surface area contributed by atoms with Gasteiger partial charge in [-0.15, -0.1) is 11.6 Å². The molecule has 0 aromatic heterocycles. The van der Waals surface area contributed by atoms with E-state index in [2.05, 4.69) is 11.1 Å². The average molecular weight is 160 g/mol. The van der Waals surface area contributed by atoms with E-state index in [9.17, 15) is 0 Å². The molecule has 1 saturated heterocycles. The number of hydrogen-bond acceptors (Lipinski definition) is 1. The van der Waals surface area contributed by atoms with E-state index in [-0.39, 0.29) is 0 Å². The zero-order valence-electron chi connectivity index (χ0n) is 6.22. The highest BCUT2D eigenvalue weighted by Gasteiger charge is 2.03. The lowest BCUT2D eigenvalue weighted by Crippen LogP contribution is -2.24. The molecule has 1 aliphatic heterocycles. The van der Waals surface area contributed by atoms with Crippen LogP contribution in [0.5, 0.6) is 0 Å². The van der Waals surface area contributed by atoms with Gasteiger partial charge in [-0.1, -0.05) is 6.08 Å². The average Bonchev–Trinajstić information content (AvgIpc) is 2.03. The number of likely N-dealkylation sites (tertiary alicyclic amines) is 1. The molecule has 0 atom stereocenters. The molecule has 0 aromatic carbocycles. The van der Waals surface area contributed by atoms with Crippen molar-refractivity contribution in [3.63, 3.8) is 0 Å². The minimum atomic E-state index is 0.635. The van der Waals surface area contributed by atoms with Gasteiger partial charge in [0.1, 0.15) is 0 Å². The van der Waals surface area contributed by atoms with Crippen molar-refractivity contribution in [1.82, 2.24) is 4.90 Å². The van der Waals surface area contributed by atoms with Crippen LogP contribution in [0.4, 0.5) is 0 Å². The molecule has 0 saturated carbocycles. The fourth-order valence-electron chi connectivity index (χ4n) is 1.26. The SMILES string of the molecule is ClCC=CN1CCCCC1. The first-order valence-corrected chi connectivity index (χ1v) is 4.43. The highest BCUT2D eigenvalue weighted by atomic mass is 35.5. The summed E-state index contributed by atoms with van der Waals surface area (Å²) in [4.78, 5) is 2.34. The van der Waals surface area contributed by atoms with Crippen molar-refractivity contribution in [2.75, 3.05) is 19.0 Å². The lowest BCUT2D eigenvalue weighted by molar-refractivity contribution is 0.309. The summed E-state index contributed by atoms with van der Waals surface area (Å²) in [6.45, 7) is 2.43. The van der Waals surface area contributed by atoms with Gasteiger partial charge in [-0.05, 0) is 25.5 Å². The summed E-state index contributed by atoms with van der Waals surface area (Å²) in [5.41, 5.74) is 0. The number of rotatable bonds is 2. The van der Waals surface area contributed by atoms with Crippen molar-refractivity contribution in [1.29, 1.82) is 0 Å². The predicted molar refractivity (Wildman–Crippen MR) is 45.3 cm³/mol. The minimum Gasteiger partial charge on any atom is -0.378 e. The molecular formula is C8H14ClN. The molecule has 1 heterocycles. The van der Waals surface area contributed by atoms with Gasteiger partial charge < -0.3 is 4.90 Å². The van der Waals surface area contributed by atoms with Crippen LogP contribution in [0.2, 0.25) is 0 Å². The monoisotopic (exact) mass is 159 g/mol. The van der Waals surface area contributed by atoms with Crippen LogP contribution in [-0.4, -0.2) is 23.9 Å². The summed E-state index contributed by atoms with van der Waals surface area (Å²) < 4.78 is 0. The first-order chi connectivity index (χ1) is 4.93. The van der Waals surface area contributed by atoms with Gasteiger partial charge >= 0.3 is 0 Å². The van der Waals surface area contributed by atoms with Crippen molar-refractivity contribution in [2.45, 2.75) is 19.3 Å². The minimum absolute atomic E-state index is 0.635. The van der Waals surface area contributed by atoms with Gasteiger partial charge in [-0.25, -0.2) is 0 Å². The largest absolute Gasteiger partial charge is 0.378 e. The molecule has 10 heavy (non-hydrogen) atoms. The Hall–Kier alpha value is -0.170. The van der Waals surface area contributed by atoms with Crippen LogP contribution < -0.4 is 0 Å². The Labute approximate surface area is 67.7 Å². The van der Waals surface area contributed by atoms with Crippen LogP contribution >= 0.6 is 11.6 Å². The van der Waals surface area contributed by atoms with Gasteiger partial charge in [0.15, 0.2) is 0 Å². The summed E-state index contributed by atoms with van der Waals surface area (Å²) in [6.07, 6.45) is 8.20. The molecule has 0 bridgehead atoms. The lowest BCUT2D eigenvalue weighted by Gasteiger charge is -2.24. The van der Waals surface area contributed by atoms with Crippen molar-refractivity contribution in [3.8, 4) is 0 Å². The lowest BCUT2D eigenvalue weighted by atomic mass is 10.1. The van der Waals surface area contributed by atoms with Crippen LogP contribution in [0.3, 0.4) is 0 Å². The highest BCUT2D eigenvalue weighted by Crippen LogP contribution is 2.08. The van der Waals surface area contributed by atoms with Crippen LogP contribution in [0.25, 0.3) is 0 Å². The summed E-state index contributed by atoms with van der Waals surface area (Å²) in [5, 5.41) is 0. The molecule has 0 unspecified atom stereocenters. The van der Waals surface area contributed by atoms with Crippen LogP contribution in [0.15, 0.2) is 12.3 Å². The Bertz CT molecular complexity index is 106. The number of nitrogens with zero attached hydrogens (tertiary/aromatic N) is 1. The molecule has 58 valence electrons. The molecule has 1 fully saturated rings. The fraction of sp³-hybridized carbons (Fsp3) is 0.750. The molecule has 1 nitrogen and oxygen atoms in total. The molecule has 0 radical (unpaired) electrons. The molecule has 0 spiro atoms. The molecule has 1 aliphatic rings. The van der Waals surface area contributed by atoms with Gasteiger partial charge in [0, 0.05) is 19.0 Å². The van der Waals surface area contributed by atoms with E-state index in [4.69, 9.17) is 11.6 Å². The zero-order chi connectivity index (χ0) is 7.23. The Morgan fingerprint density at radius 1 is 1.20 bits per heavy atom. The molecule has 2 heteroatoms. The van der Waals surface area contributed by atoms with Crippen molar-refractivity contribution in [2.24, 2.45) is 0 Å². The number of alkyl halides is 1. The summed E-state index contributed by atoms with van der Waals surface area (Å²) >= 11 is 5.51. The second-order valence-electron chi connectivity index (χ2n) is 2.64. The molecule has 1 rings (SSSR count). The number of hydrogen-bond donors (Lipinski definition) is 0. The number of piperidine rings is 1. The Morgan fingerprint density at radius 3 is 2.50 bits per heavy atom. The number of allylic oxidation sites excluding steroid dienone is 1. The molecule has 0 amide bonds. The zero-order valence-corrected chi connectivity index (χ0v) is 6.98. The van der Waals surface area contributed by atoms with Gasteiger partial charge in [-0.2, -0.15) is 0 Å². The van der Waals surface area contributed by atoms with E-state index in [1.54, 1.807) is 0 Å². The van der Waals surface area contributed by atoms with E-state index >= 15 is 0 Å². The maximum absolute atomic E-state index is 5.51. The van der Waals surface area contributed by atoms with Crippen LogP contribution in [-0.2, 0) is 0 Å². The van der Waals surface area contributed by atoms with Crippen molar-refractivity contribution >= 4 is 11.6 Å². The van der Waals surface area contributed by atoms with Gasteiger partial charge in [0.2, 0.25) is 0 Å². The summed E-state index contributed by atoms with van der Waals surface area (Å²) in [6, 6.07) is 0. The third-order valence-electron chi connectivity index (χ3n) is 1.80. The Morgan fingerprint density at radius 2 is 1.90 bits per heavy atom. The van der Waals surface area contributed by atoms with Crippen LogP contribution in [0.1, 0.15) is 19.3 Å². The standard InChI is InChI=1S/C8H14ClN/c9-5-4-8-10-6-2-1-3-7-10/h4,8H,1-3,5-7H2. The molecule has 0 aliphatic carbocycles. The predicted octanol–water partition coefficient (Wildman–Crippen LogP) is 2.22. The normalized spacial score (nSPS) is 20.3. The van der Waals surface area contributed by atoms with E-state index in [0.717, 1.165) is 0 Å². The van der Waals surface area contributed by atoms with Gasteiger partial charge in [0.25, 0.3) is 0 Å². The smallest absolute Gasteiger partial charge is 0.0421 e. The topological polar surface area (TPSA) is 3.24 Å². The summed E-state index contributed by atoms with van der Waals surface area (Å²) in [7, 11) is 0. The fourth-order valence-corrected chi connectivity index (χ4v) is 1.34.